The average Bonchev–Trinajstić information content (AvgIpc) is 3.18. The lowest BCUT2D eigenvalue weighted by molar-refractivity contribution is -0.115. The maximum absolute atomic E-state index is 12.7. The second kappa shape index (κ2) is 7.67. The number of para-hydroxylation sites is 1. The summed E-state index contributed by atoms with van der Waals surface area (Å²) < 4.78 is 8.65. The molecule has 2 N–H and O–H groups in total. The largest absolute Gasteiger partial charge is 0.444 e. The summed E-state index contributed by atoms with van der Waals surface area (Å²) in [6, 6.07) is 12.2. The fourth-order valence-electron chi connectivity index (χ4n) is 2.58. The molecule has 0 saturated heterocycles. The molecule has 1 aromatic carbocycles. The first-order valence-electron chi connectivity index (χ1n) is 8.06. The fraction of sp³-hybridized carbons (Fsp3) is 0.167. The van der Waals surface area contributed by atoms with Gasteiger partial charge in [-0.1, -0.05) is 18.2 Å². The summed E-state index contributed by atoms with van der Waals surface area (Å²) in [5.41, 5.74) is 1.10. The minimum Gasteiger partial charge on any atom is -0.444 e. The number of nitrogens with zero attached hydrogens (tertiary/aromatic N) is 2. The molecule has 0 bridgehead atoms. The molecule has 0 unspecified atom stereocenters. The van der Waals surface area contributed by atoms with Gasteiger partial charge < -0.3 is 15.1 Å². The van der Waals surface area contributed by atoms with Crippen LogP contribution in [0.3, 0.4) is 0 Å². The molecule has 0 fully saturated rings. The molecule has 0 atom stereocenters. The zero-order valence-corrected chi connectivity index (χ0v) is 16.2. The van der Waals surface area contributed by atoms with E-state index in [-0.39, 0.29) is 23.6 Å². The summed E-state index contributed by atoms with van der Waals surface area (Å²) >= 11 is 3.10. The van der Waals surface area contributed by atoms with E-state index in [0.717, 1.165) is 0 Å². The number of hydrogen-bond donors (Lipinski definition) is 2. The highest BCUT2D eigenvalue weighted by Crippen LogP contribution is 2.15. The number of anilines is 1. The number of carbonyl (C=O) groups excluding carboxylic acids is 2. The van der Waals surface area contributed by atoms with E-state index in [4.69, 9.17) is 4.42 Å². The highest BCUT2D eigenvalue weighted by molar-refractivity contribution is 9.10. The molecule has 0 aliphatic carbocycles. The van der Waals surface area contributed by atoms with Gasteiger partial charge in [-0.2, -0.15) is 0 Å². The first kappa shape index (κ1) is 18.7. The van der Waals surface area contributed by atoms with Crippen LogP contribution in [0.1, 0.15) is 16.2 Å². The molecule has 27 heavy (non-hydrogen) atoms. The molecule has 140 valence electrons. The zero-order chi connectivity index (χ0) is 19.6. The number of carbonyl (C=O) groups is 2. The van der Waals surface area contributed by atoms with Gasteiger partial charge in [0.15, 0.2) is 10.4 Å². The summed E-state index contributed by atoms with van der Waals surface area (Å²) in [4.78, 5) is 36.8. The van der Waals surface area contributed by atoms with Gasteiger partial charge >= 0.3 is 0 Å². The lowest BCUT2D eigenvalue weighted by Gasteiger charge is -2.07. The van der Waals surface area contributed by atoms with Crippen molar-refractivity contribution in [2.45, 2.75) is 6.92 Å². The zero-order valence-electron chi connectivity index (χ0n) is 14.7. The fourth-order valence-corrected chi connectivity index (χ4v) is 2.89. The van der Waals surface area contributed by atoms with Crippen LogP contribution in [0.2, 0.25) is 0 Å². The number of amides is 2. The minimum atomic E-state index is -0.526. The van der Waals surface area contributed by atoms with Gasteiger partial charge in [0.25, 0.3) is 11.5 Å². The molecule has 3 aromatic rings. The Kier molecular flexibility index (Phi) is 5.31. The van der Waals surface area contributed by atoms with Crippen LogP contribution in [0, 0.1) is 6.92 Å². The van der Waals surface area contributed by atoms with Crippen LogP contribution in [0.15, 0.2) is 56.3 Å². The third-order valence-electron chi connectivity index (χ3n) is 4.03. The third kappa shape index (κ3) is 3.87. The Hall–Kier alpha value is -3.07. The molecule has 9 heteroatoms. The predicted molar refractivity (Wildman–Crippen MR) is 103 cm³/mol. The van der Waals surface area contributed by atoms with Crippen molar-refractivity contribution >= 4 is 33.4 Å². The molecule has 0 radical (unpaired) electrons. The van der Waals surface area contributed by atoms with Crippen LogP contribution in [0.4, 0.5) is 5.69 Å². The molecular formula is C18H17BrN4O4. The van der Waals surface area contributed by atoms with Crippen LogP contribution in [0.25, 0.3) is 5.69 Å². The monoisotopic (exact) mass is 432 g/mol. The summed E-state index contributed by atoms with van der Waals surface area (Å²) in [5, 5.41) is 5.02. The second-order valence-corrected chi connectivity index (χ2v) is 6.55. The van der Waals surface area contributed by atoms with Crippen molar-refractivity contribution in [1.82, 2.24) is 14.7 Å². The van der Waals surface area contributed by atoms with Gasteiger partial charge in [0.05, 0.1) is 17.9 Å². The van der Waals surface area contributed by atoms with Crippen LogP contribution >= 0.6 is 15.9 Å². The van der Waals surface area contributed by atoms with Crippen LogP contribution in [-0.4, -0.2) is 27.7 Å². The number of nitrogens with one attached hydrogen (secondary N) is 2. The van der Waals surface area contributed by atoms with E-state index in [1.807, 2.05) is 18.2 Å². The van der Waals surface area contributed by atoms with Gasteiger partial charge in [-0.05, 0) is 47.1 Å². The van der Waals surface area contributed by atoms with Crippen molar-refractivity contribution in [2.75, 3.05) is 11.9 Å². The van der Waals surface area contributed by atoms with Crippen LogP contribution in [-0.2, 0) is 11.8 Å². The molecular weight excluding hydrogens is 416 g/mol. The SMILES string of the molecule is Cc1c(NC(=O)CNC(=O)c2ccc(Br)o2)c(=O)n(-c2ccccc2)n1C. The maximum atomic E-state index is 12.7. The van der Waals surface area contributed by atoms with Gasteiger partial charge in [0, 0.05) is 7.05 Å². The van der Waals surface area contributed by atoms with E-state index in [1.54, 1.807) is 36.9 Å². The lowest BCUT2D eigenvalue weighted by atomic mass is 10.3. The summed E-state index contributed by atoms with van der Waals surface area (Å²) in [5.74, 6) is -0.959. The van der Waals surface area contributed by atoms with Crippen molar-refractivity contribution in [3.63, 3.8) is 0 Å². The number of benzene rings is 1. The molecule has 0 spiro atoms. The lowest BCUT2D eigenvalue weighted by Crippen LogP contribution is -2.34. The Labute approximate surface area is 162 Å². The van der Waals surface area contributed by atoms with Gasteiger partial charge in [0.1, 0.15) is 5.69 Å². The topological polar surface area (TPSA) is 98.3 Å². The van der Waals surface area contributed by atoms with Gasteiger partial charge in [0.2, 0.25) is 5.91 Å². The van der Waals surface area contributed by atoms with Gasteiger partial charge in [-0.15, -0.1) is 0 Å². The highest BCUT2D eigenvalue weighted by atomic mass is 79.9. The number of furan rings is 1. The van der Waals surface area contributed by atoms with Gasteiger partial charge in [-0.25, -0.2) is 4.68 Å². The Bertz CT molecular complexity index is 1050. The van der Waals surface area contributed by atoms with E-state index < -0.39 is 11.8 Å². The molecule has 2 aromatic heterocycles. The second-order valence-electron chi connectivity index (χ2n) is 5.77. The molecule has 3 rings (SSSR count). The Balaban J connectivity index is 1.73. The molecule has 0 aliphatic rings. The van der Waals surface area contributed by atoms with E-state index >= 15 is 0 Å². The normalized spacial score (nSPS) is 10.6. The van der Waals surface area contributed by atoms with Crippen molar-refractivity contribution in [2.24, 2.45) is 7.05 Å². The van der Waals surface area contributed by atoms with Crippen molar-refractivity contribution in [1.29, 1.82) is 0 Å². The molecule has 0 aliphatic heterocycles. The average molecular weight is 433 g/mol. The Morgan fingerprint density at radius 1 is 1.15 bits per heavy atom. The van der Waals surface area contributed by atoms with E-state index in [1.165, 1.54) is 10.7 Å². The van der Waals surface area contributed by atoms with Crippen molar-refractivity contribution in [3.05, 3.63) is 68.9 Å². The third-order valence-corrected chi connectivity index (χ3v) is 4.45. The summed E-state index contributed by atoms with van der Waals surface area (Å²) in [6.07, 6.45) is 0. The smallest absolute Gasteiger partial charge is 0.295 e. The summed E-state index contributed by atoms with van der Waals surface area (Å²) in [7, 11) is 1.73. The molecule has 2 heterocycles. The quantitative estimate of drug-likeness (QED) is 0.645. The first-order chi connectivity index (χ1) is 12.9. The van der Waals surface area contributed by atoms with Crippen molar-refractivity contribution in [3.8, 4) is 5.69 Å². The van der Waals surface area contributed by atoms with Gasteiger partial charge in [-0.3, -0.25) is 19.1 Å². The Morgan fingerprint density at radius 3 is 2.48 bits per heavy atom. The standard InChI is InChI=1S/C18H17BrN4O4/c1-11-16(18(26)23(22(11)2)12-6-4-3-5-7-12)21-15(24)10-20-17(25)13-8-9-14(19)27-13/h3-9H,10H2,1-2H3,(H,20,25)(H,21,24). The minimum absolute atomic E-state index is 0.0806. The first-order valence-corrected chi connectivity index (χ1v) is 8.85. The van der Waals surface area contributed by atoms with E-state index in [0.29, 0.717) is 16.1 Å². The highest BCUT2D eigenvalue weighted by Gasteiger charge is 2.19. The van der Waals surface area contributed by atoms with E-state index in [9.17, 15) is 14.4 Å². The molecule has 0 saturated carbocycles. The number of aromatic nitrogens is 2. The maximum Gasteiger partial charge on any atom is 0.295 e. The van der Waals surface area contributed by atoms with Crippen LogP contribution in [0.5, 0.6) is 0 Å². The Morgan fingerprint density at radius 2 is 1.85 bits per heavy atom. The molecule has 8 nitrogen and oxygen atoms in total. The number of rotatable bonds is 5. The van der Waals surface area contributed by atoms with E-state index in [2.05, 4.69) is 26.6 Å². The number of hydrogen-bond acceptors (Lipinski definition) is 4. The number of halogens is 1. The van der Waals surface area contributed by atoms with Crippen LogP contribution < -0.4 is 16.2 Å². The summed E-state index contributed by atoms with van der Waals surface area (Å²) in [6.45, 7) is 1.44. The van der Waals surface area contributed by atoms with Crippen molar-refractivity contribution < 1.29 is 14.0 Å². The molecule has 2 amide bonds. The predicted octanol–water partition coefficient (Wildman–Crippen LogP) is 2.21.